The van der Waals surface area contributed by atoms with Crippen LogP contribution >= 0.6 is 0 Å². The number of hydrogen-bond acceptors (Lipinski definition) is 3. The van der Waals surface area contributed by atoms with E-state index in [1.165, 1.54) is 39.5 Å². The Morgan fingerprint density at radius 1 is 1.40 bits per heavy atom. The molecular weight excluding hydrogens is 201 g/mol. The average Bonchev–Trinajstić information content (AvgIpc) is 2.27. The molecule has 0 saturated carbocycles. The maximum atomic E-state index is 13.0. The van der Waals surface area contributed by atoms with Gasteiger partial charge in [0, 0.05) is 12.6 Å². The second-order valence-corrected chi connectivity index (χ2v) is 2.83. The lowest BCUT2D eigenvalue weighted by Gasteiger charge is -2.14. The number of methoxy groups -OCH3 is 1. The minimum Gasteiger partial charge on any atom is -0.494 e. The summed E-state index contributed by atoms with van der Waals surface area (Å²) in [7, 11) is 4.18. The van der Waals surface area contributed by atoms with Crippen molar-refractivity contribution in [1.29, 1.82) is 0 Å². The van der Waals surface area contributed by atoms with E-state index in [0.717, 1.165) is 5.06 Å². The van der Waals surface area contributed by atoms with Crippen molar-refractivity contribution in [2.24, 2.45) is 0 Å². The molecule has 1 aromatic rings. The number of nitrogens with zero attached hydrogens (tertiary/aromatic N) is 1. The van der Waals surface area contributed by atoms with Crippen molar-refractivity contribution in [2.75, 3.05) is 21.3 Å². The molecule has 0 aliphatic heterocycles. The van der Waals surface area contributed by atoms with Gasteiger partial charge in [-0.25, -0.2) is 9.45 Å². The van der Waals surface area contributed by atoms with Crippen LogP contribution in [-0.4, -0.2) is 32.2 Å². The standard InChI is InChI=1S/C10H12FNO3/c1-12(15-3)10(13)7-4-5-8(11)9(6-7)14-2/h4-6H,1-3H3. The van der Waals surface area contributed by atoms with Crippen LogP contribution in [-0.2, 0) is 4.84 Å². The first-order valence-corrected chi connectivity index (χ1v) is 4.26. The topological polar surface area (TPSA) is 38.8 Å². The van der Waals surface area contributed by atoms with E-state index in [-0.39, 0.29) is 11.7 Å². The Balaban J connectivity index is 3.01. The fourth-order valence-electron chi connectivity index (χ4n) is 1.06. The van der Waals surface area contributed by atoms with Gasteiger partial charge < -0.3 is 4.74 Å². The quantitative estimate of drug-likeness (QED) is 0.713. The van der Waals surface area contributed by atoms with Gasteiger partial charge in [-0.1, -0.05) is 0 Å². The van der Waals surface area contributed by atoms with Gasteiger partial charge in [0.05, 0.1) is 14.2 Å². The first kappa shape index (κ1) is 11.5. The number of hydrogen-bond donors (Lipinski definition) is 0. The minimum atomic E-state index is -0.505. The summed E-state index contributed by atoms with van der Waals surface area (Å²) in [6, 6.07) is 3.87. The number of amides is 1. The summed E-state index contributed by atoms with van der Waals surface area (Å²) in [5.41, 5.74) is 0.303. The predicted molar refractivity (Wildman–Crippen MR) is 52.1 cm³/mol. The Kier molecular flexibility index (Phi) is 3.62. The highest BCUT2D eigenvalue weighted by Gasteiger charge is 2.13. The van der Waals surface area contributed by atoms with Gasteiger partial charge in [-0.15, -0.1) is 0 Å². The minimum absolute atomic E-state index is 0.0327. The van der Waals surface area contributed by atoms with E-state index < -0.39 is 5.82 Å². The Morgan fingerprint density at radius 2 is 2.07 bits per heavy atom. The summed E-state index contributed by atoms with van der Waals surface area (Å²) in [4.78, 5) is 16.3. The smallest absolute Gasteiger partial charge is 0.277 e. The van der Waals surface area contributed by atoms with Gasteiger partial charge in [0.2, 0.25) is 0 Å². The molecule has 82 valence electrons. The van der Waals surface area contributed by atoms with Crippen LogP contribution in [0.5, 0.6) is 5.75 Å². The van der Waals surface area contributed by atoms with Gasteiger partial charge in [0.15, 0.2) is 11.6 Å². The van der Waals surface area contributed by atoms with E-state index in [4.69, 9.17) is 9.57 Å². The zero-order chi connectivity index (χ0) is 11.4. The van der Waals surface area contributed by atoms with Crippen LogP contribution < -0.4 is 4.74 Å². The van der Waals surface area contributed by atoms with Crippen molar-refractivity contribution in [3.8, 4) is 5.75 Å². The van der Waals surface area contributed by atoms with Crippen molar-refractivity contribution >= 4 is 5.91 Å². The van der Waals surface area contributed by atoms with Crippen molar-refractivity contribution < 1.29 is 18.8 Å². The van der Waals surface area contributed by atoms with E-state index in [1.54, 1.807) is 0 Å². The van der Waals surface area contributed by atoms with Crippen LogP contribution in [0.15, 0.2) is 18.2 Å². The molecule has 0 saturated heterocycles. The summed E-state index contributed by atoms with van der Waals surface area (Å²) in [5.74, 6) is -0.838. The predicted octanol–water partition coefficient (Wildman–Crippen LogP) is 1.47. The van der Waals surface area contributed by atoms with Crippen molar-refractivity contribution in [2.45, 2.75) is 0 Å². The third-order valence-corrected chi connectivity index (χ3v) is 1.96. The van der Waals surface area contributed by atoms with Crippen LogP contribution in [0.1, 0.15) is 10.4 Å². The molecule has 0 heterocycles. The highest BCUT2D eigenvalue weighted by molar-refractivity contribution is 5.93. The van der Waals surface area contributed by atoms with Crippen LogP contribution in [0.3, 0.4) is 0 Å². The van der Waals surface area contributed by atoms with Crippen molar-refractivity contribution in [3.63, 3.8) is 0 Å². The molecule has 0 radical (unpaired) electrons. The van der Waals surface area contributed by atoms with Crippen LogP contribution in [0.2, 0.25) is 0 Å². The second-order valence-electron chi connectivity index (χ2n) is 2.83. The lowest BCUT2D eigenvalue weighted by Crippen LogP contribution is -2.25. The number of rotatable bonds is 3. The molecule has 0 fully saturated rings. The first-order valence-electron chi connectivity index (χ1n) is 4.26. The van der Waals surface area contributed by atoms with Crippen molar-refractivity contribution in [3.05, 3.63) is 29.6 Å². The van der Waals surface area contributed by atoms with E-state index in [2.05, 4.69) is 0 Å². The molecule has 0 atom stereocenters. The Morgan fingerprint density at radius 3 is 2.60 bits per heavy atom. The molecule has 1 rings (SSSR count). The van der Waals surface area contributed by atoms with Gasteiger partial charge in [0.25, 0.3) is 5.91 Å². The van der Waals surface area contributed by atoms with Crippen LogP contribution in [0.4, 0.5) is 4.39 Å². The zero-order valence-corrected chi connectivity index (χ0v) is 8.78. The average molecular weight is 213 g/mol. The number of carbonyl (C=O) groups is 1. The maximum Gasteiger partial charge on any atom is 0.277 e. The monoisotopic (exact) mass is 213 g/mol. The molecular formula is C10H12FNO3. The van der Waals surface area contributed by atoms with Gasteiger partial charge in [-0.05, 0) is 18.2 Å². The molecule has 0 spiro atoms. The fraction of sp³-hybridized carbons (Fsp3) is 0.300. The lowest BCUT2D eigenvalue weighted by molar-refractivity contribution is -0.0757. The molecule has 0 aromatic heterocycles. The second kappa shape index (κ2) is 4.75. The van der Waals surface area contributed by atoms with Crippen LogP contribution in [0, 0.1) is 5.82 Å². The molecule has 15 heavy (non-hydrogen) atoms. The highest BCUT2D eigenvalue weighted by Crippen LogP contribution is 2.18. The number of benzene rings is 1. The normalized spacial score (nSPS) is 9.87. The number of carbonyl (C=O) groups excluding carboxylic acids is 1. The Hall–Kier alpha value is -1.62. The molecule has 0 unspecified atom stereocenters. The molecule has 1 aromatic carbocycles. The molecule has 0 aliphatic carbocycles. The van der Waals surface area contributed by atoms with E-state index in [1.807, 2.05) is 0 Å². The first-order chi connectivity index (χ1) is 7.10. The lowest BCUT2D eigenvalue weighted by atomic mass is 10.2. The molecule has 1 amide bonds. The molecule has 4 nitrogen and oxygen atoms in total. The maximum absolute atomic E-state index is 13.0. The van der Waals surface area contributed by atoms with Crippen molar-refractivity contribution in [1.82, 2.24) is 5.06 Å². The van der Waals surface area contributed by atoms with Crippen LogP contribution in [0.25, 0.3) is 0 Å². The SMILES string of the molecule is COc1cc(C(=O)N(C)OC)ccc1F. The van der Waals surface area contributed by atoms with E-state index >= 15 is 0 Å². The van der Waals surface area contributed by atoms with Gasteiger partial charge >= 0.3 is 0 Å². The molecule has 0 N–H and O–H groups in total. The summed E-state index contributed by atoms with van der Waals surface area (Å²) < 4.78 is 17.8. The molecule has 0 bridgehead atoms. The number of hydroxylamine groups is 2. The van der Waals surface area contributed by atoms with E-state index in [9.17, 15) is 9.18 Å². The third-order valence-electron chi connectivity index (χ3n) is 1.96. The van der Waals surface area contributed by atoms with Gasteiger partial charge in [-0.3, -0.25) is 9.63 Å². The third kappa shape index (κ3) is 2.44. The number of halogens is 1. The molecule has 5 heteroatoms. The summed E-state index contributed by atoms with van der Waals surface area (Å²) >= 11 is 0. The number of ether oxygens (including phenoxy) is 1. The largest absolute Gasteiger partial charge is 0.494 e. The van der Waals surface area contributed by atoms with Gasteiger partial charge in [0.1, 0.15) is 0 Å². The summed E-state index contributed by atoms with van der Waals surface area (Å²) in [6.45, 7) is 0. The molecule has 0 aliphatic rings. The Labute approximate surface area is 87.2 Å². The summed E-state index contributed by atoms with van der Waals surface area (Å²) in [5, 5.41) is 1.05. The highest BCUT2D eigenvalue weighted by atomic mass is 19.1. The Bertz CT molecular complexity index is 368. The van der Waals surface area contributed by atoms with Gasteiger partial charge in [-0.2, -0.15) is 0 Å². The van der Waals surface area contributed by atoms with E-state index in [0.29, 0.717) is 5.56 Å². The fourth-order valence-corrected chi connectivity index (χ4v) is 1.06. The zero-order valence-electron chi connectivity index (χ0n) is 8.78. The summed E-state index contributed by atoms with van der Waals surface area (Å²) in [6.07, 6.45) is 0.